The fraction of sp³-hybridized carbons (Fsp3) is 0.304. The maximum atomic E-state index is 13.2. The van der Waals surface area contributed by atoms with Crippen LogP contribution in [-0.4, -0.2) is 43.3 Å². The van der Waals surface area contributed by atoms with Crippen LogP contribution in [0.3, 0.4) is 0 Å². The Balaban J connectivity index is 1.59. The highest BCUT2D eigenvalue weighted by atomic mass is 35.5. The summed E-state index contributed by atoms with van der Waals surface area (Å²) >= 11 is 6.00. The molecule has 0 aliphatic carbocycles. The molecule has 166 valence electrons. The Bertz CT molecular complexity index is 1160. The van der Waals surface area contributed by atoms with Crippen molar-refractivity contribution in [1.29, 1.82) is 0 Å². The van der Waals surface area contributed by atoms with E-state index in [1.54, 1.807) is 24.0 Å². The third-order valence-electron chi connectivity index (χ3n) is 5.77. The average molecular weight is 454 g/mol. The number of urea groups is 1. The number of carboxylic acids is 1. The van der Waals surface area contributed by atoms with Gasteiger partial charge in [0.15, 0.2) is 5.82 Å². The second-order valence-corrected chi connectivity index (χ2v) is 8.34. The largest absolute Gasteiger partial charge is 0.478 e. The minimum atomic E-state index is -1.08. The van der Waals surface area contributed by atoms with Crippen molar-refractivity contribution in [2.45, 2.75) is 39.3 Å². The van der Waals surface area contributed by atoms with Crippen molar-refractivity contribution >= 4 is 29.3 Å². The summed E-state index contributed by atoms with van der Waals surface area (Å²) in [6.45, 7) is 4.78. The number of nitrogens with one attached hydrogen (secondary N) is 1. The summed E-state index contributed by atoms with van der Waals surface area (Å²) in [5, 5.41) is 21.6. The number of aromatic nitrogens is 3. The molecule has 2 heterocycles. The van der Waals surface area contributed by atoms with E-state index in [4.69, 9.17) is 11.6 Å². The lowest BCUT2D eigenvalue weighted by atomic mass is 10.1. The van der Waals surface area contributed by atoms with Gasteiger partial charge in [-0.15, -0.1) is 10.2 Å². The van der Waals surface area contributed by atoms with Gasteiger partial charge in [-0.3, -0.25) is 0 Å². The van der Waals surface area contributed by atoms with Crippen LogP contribution in [0.2, 0.25) is 5.02 Å². The van der Waals surface area contributed by atoms with E-state index in [9.17, 15) is 14.7 Å². The Morgan fingerprint density at radius 3 is 2.62 bits per heavy atom. The minimum Gasteiger partial charge on any atom is -0.478 e. The fourth-order valence-corrected chi connectivity index (χ4v) is 4.21. The van der Waals surface area contributed by atoms with Gasteiger partial charge in [0.05, 0.1) is 23.8 Å². The van der Waals surface area contributed by atoms with Crippen LogP contribution in [0.1, 0.15) is 52.0 Å². The molecule has 0 radical (unpaired) electrons. The Morgan fingerprint density at radius 1 is 1.16 bits per heavy atom. The smallest absolute Gasteiger partial charge is 0.337 e. The van der Waals surface area contributed by atoms with E-state index in [-0.39, 0.29) is 17.6 Å². The lowest BCUT2D eigenvalue weighted by Crippen LogP contribution is -2.36. The van der Waals surface area contributed by atoms with E-state index >= 15 is 0 Å². The number of rotatable bonds is 5. The number of aromatic carboxylic acids is 1. The van der Waals surface area contributed by atoms with Gasteiger partial charge in [0, 0.05) is 11.6 Å². The number of likely N-dealkylation sites (tertiary alicyclic amines) is 1. The molecule has 0 saturated carbocycles. The van der Waals surface area contributed by atoms with Crippen molar-refractivity contribution in [3.8, 4) is 0 Å². The number of aryl methyl sites for hydroxylation is 2. The van der Waals surface area contributed by atoms with Crippen LogP contribution in [0, 0.1) is 13.8 Å². The maximum Gasteiger partial charge on any atom is 0.337 e. The van der Waals surface area contributed by atoms with Crippen molar-refractivity contribution in [3.05, 3.63) is 75.8 Å². The molecule has 4 rings (SSSR count). The van der Waals surface area contributed by atoms with Gasteiger partial charge in [0.1, 0.15) is 5.82 Å². The predicted molar refractivity (Wildman–Crippen MR) is 121 cm³/mol. The van der Waals surface area contributed by atoms with E-state index in [2.05, 4.69) is 15.5 Å². The minimum absolute atomic E-state index is 0.0656. The molecule has 3 aromatic rings. The van der Waals surface area contributed by atoms with Crippen molar-refractivity contribution in [3.63, 3.8) is 0 Å². The quantitative estimate of drug-likeness (QED) is 0.585. The monoisotopic (exact) mass is 453 g/mol. The van der Waals surface area contributed by atoms with Gasteiger partial charge in [0.25, 0.3) is 0 Å². The Kier molecular flexibility index (Phi) is 6.14. The first-order chi connectivity index (χ1) is 15.3. The molecule has 1 saturated heterocycles. The summed E-state index contributed by atoms with van der Waals surface area (Å²) in [4.78, 5) is 26.5. The van der Waals surface area contributed by atoms with E-state index < -0.39 is 5.97 Å². The number of carbonyl (C=O) groups is 2. The van der Waals surface area contributed by atoms with Crippen molar-refractivity contribution in [2.75, 3.05) is 11.9 Å². The number of hydrogen-bond donors (Lipinski definition) is 2. The van der Waals surface area contributed by atoms with Crippen LogP contribution < -0.4 is 5.32 Å². The first-order valence-corrected chi connectivity index (χ1v) is 10.8. The number of anilines is 1. The molecule has 1 atom stereocenters. The molecule has 1 aliphatic heterocycles. The van der Waals surface area contributed by atoms with Crippen LogP contribution in [0.5, 0.6) is 0 Å². The number of nitrogens with zero attached hydrogens (tertiary/aromatic N) is 4. The number of hydrogen-bond acceptors (Lipinski definition) is 4. The summed E-state index contributed by atoms with van der Waals surface area (Å²) in [6, 6.07) is 11.9. The van der Waals surface area contributed by atoms with Crippen LogP contribution in [0.15, 0.2) is 42.5 Å². The Hall–Kier alpha value is -3.39. The van der Waals surface area contributed by atoms with Crippen LogP contribution in [0.25, 0.3) is 0 Å². The lowest BCUT2D eigenvalue weighted by Gasteiger charge is -2.26. The molecule has 2 N–H and O–H groups in total. The van der Waals surface area contributed by atoms with Crippen LogP contribution in [0.4, 0.5) is 10.5 Å². The lowest BCUT2D eigenvalue weighted by molar-refractivity contribution is 0.0698. The third-order valence-corrected chi connectivity index (χ3v) is 6.02. The molecule has 32 heavy (non-hydrogen) atoms. The van der Waals surface area contributed by atoms with Crippen LogP contribution in [-0.2, 0) is 6.54 Å². The first-order valence-electron chi connectivity index (χ1n) is 10.4. The van der Waals surface area contributed by atoms with E-state index in [1.165, 1.54) is 6.07 Å². The van der Waals surface area contributed by atoms with Gasteiger partial charge in [-0.1, -0.05) is 35.9 Å². The normalized spacial score (nSPS) is 15.7. The zero-order valence-corrected chi connectivity index (χ0v) is 18.6. The molecule has 0 bridgehead atoms. The molecule has 1 aliphatic rings. The number of benzene rings is 2. The van der Waals surface area contributed by atoms with Crippen molar-refractivity contribution in [2.24, 2.45) is 0 Å². The second-order valence-electron chi connectivity index (χ2n) is 7.90. The SMILES string of the molecule is Cc1cccc(C(=O)O)c1NC(=O)N1CCC[C@@H]1c1nnc(C)n1Cc1ccc(Cl)cc1. The summed E-state index contributed by atoms with van der Waals surface area (Å²) in [5.41, 5.74) is 2.12. The molecule has 2 aromatic carbocycles. The zero-order valence-electron chi connectivity index (χ0n) is 17.9. The van der Waals surface area contributed by atoms with E-state index in [1.807, 2.05) is 35.8 Å². The second kappa shape index (κ2) is 9.00. The molecular weight excluding hydrogens is 430 g/mol. The van der Waals surface area contributed by atoms with Crippen molar-refractivity contribution < 1.29 is 14.7 Å². The number of carbonyl (C=O) groups excluding carboxylic acids is 1. The highest BCUT2D eigenvalue weighted by Gasteiger charge is 2.34. The van der Waals surface area contributed by atoms with Gasteiger partial charge < -0.3 is 19.9 Å². The summed E-state index contributed by atoms with van der Waals surface area (Å²) in [6.07, 6.45) is 1.58. The van der Waals surface area contributed by atoms with Gasteiger partial charge in [-0.25, -0.2) is 9.59 Å². The predicted octanol–water partition coefficient (Wildman–Crippen LogP) is 4.66. The molecule has 1 fully saturated rings. The number of carboxylic acid groups (broad SMARTS) is 1. The zero-order chi connectivity index (χ0) is 22.8. The topological polar surface area (TPSA) is 100 Å². The Labute approximate surface area is 190 Å². The highest BCUT2D eigenvalue weighted by molar-refractivity contribution is 6.30. The van der Waals surface area contributed by atoms with Crippen LogP contribution >= 0.6 is 11.6 Å². The molecule has 0 unspecified atom stereocenters. The molecule has 2 amide bonds. The van der Waals surface area contributed by atoms with E-state index in [0.717, 1.165) is 24.2 Å². The standard InChI is InChI=1S/C23H24ClN5O3/c1-14-5-3-6-18(22(30)31)20(14)25-23(32)28-12-4-7-19(28)21-27-26-15(2)29(21)13-16-8-10-17(24)11-9-16/h3,5-6,8-11,19H,4,7,12-13H2,1-2H3,(H,25,32)(H,30,31)/t19-/m1/s1. The third kappa shape index (κ3) is 4.31. The molecule has 9 heteroatoms. The molecular formula is C23H24ClN5O3. The van der Waals surface area contributed by atoms with Gasteiger partial charge >= 0.3 is 12.0 Å². The first kappa shape index (κ1) is 21.8. The molecule has 8 nitrogen and oxygen atoms in total. The fourth-order valence-electron chi connectivity index (χ4n) is 4.08. The average Bonchev–Trinajstić information content (AvgIpc) is 3.38. The van der Waals surface area contributed by atoms with Crippen molar-refractivity contribution in [1.82, 2.24) is 19.7 Å². The summed E-state index contributed by atoms with van der Waals surface area (Å²) in [7, 11) is 0. The van der Waals surface area contributed by atoms with E-state index in [0.29, 0.717) is 35.2 Å². The highest BCUT2D eigenvalue weighted by Crippen LogP contribution is 2.33. The number of para-hydroxylation sites is 1. The Morgan fingerprint density at radius 2 is 1.91 bits per heavy atom. The molecule has 1 aromatic heterocycles. The number of amides is 2. The maximum absolute atomic E-state index is 13.2. The van der Waals surface area contributed by atoms with Gasteiger partial charge in [-0.2, -0.15) is 0 Å². The number of halogens is 1. The van der Waals surface area contributed by atoms with Gasteiger partial charge in [0.2, 0.25) is 0 Å². The summed E-state index contributed by atoms with van der Waals surface area (Å²) < 4.78 is 2.01. The molecule has 0 spiro atoms. The summed E-state index contributed by atoms with van der Waals surface area (Å²) in [5.74, 6) is 0.392. The van der Waals surface area contributed by atoms with Gasteiger partial charge in [-0.05, 0) is 56.0 Å².